The highest BCUT2D eigenvalue weighted by atomic mass is 32.1. The van der Waals surface area contributed by atoms with Gasteiger partial charge in [0.25, 0.3) is 5.56 Å². The van der Waals surface area contributed by atoms with Gasteiger partial charge in [0.05, 0.1) is 18.2 Å². The van der Waals surface area contributed by atoms with Crippen LogP contribution in [0.1, 0.15) is 30.6 Å². The number of amides is 1. The van der Waals surface area contributed by atoms with Crippen LogP contribution in [0.4, 0.5) is 5.69 Å². The summed E-state index contributed by atoms with van der Waals surface area (Å²) in [5.74, 6) is 0.789. The number of aryl methyl sites for hydroxylation is 2. The van der Waals surface area contributed by atoms with E-state index < -0.39 is 6.04 Å². The van der Waals surface area contributed by atoms with Crippen molar-refractivity contribution in [1.82, 2.24) is 9.55 Å². The van der Waals surface area contributed by atoms with Gasteiger partial charge in [-0.3, -0.25) is 14.2 Å². The third-order valence-electron chi connectivity index (χ3n) is 4.30. The number of rotatable bonds is 5. The fourth-order valence-electron chi connectivity index (χ4n) is 2.88. The number of aromatic nitrogens is 2. The monoisotopic (exact) mass is 371 g/mol. The summed E-state index contributed by atoms with van der Waals surface area (Å²) < 4.78 is 6.70. The zero-order valence-corrected chi connectivity index (χ0v) is 16.0. The average molecular weight is 371 g/mol. The molecule has 1 aromatic carbocycles. The summed E-state index contributed by atoms with van der Waals surface area (Å²) in [5.41, 5.74) is 0.376. The maximum atomic E-state index is 12.9. The molecule has 6 nitrogen and oxygen atoms in total. The lowest BCUT2D eigenvalue weighted by atomic mass is 10.2. The predicted molar refractivity (Wildman–Crippen MR) is 104 cm³/mol. The molecule has 0 radical (unpaired) electrons. The number of fused-ring (bicyclic) bond motifs is 1. The summed E-state index contributed by atoms with van der Waals surface area (Å²) in [4.78, 5) is 32.0. The van der Waals surface area contributed by atoms with Crippen LogP contribution >= 0.6 is 11.3 Å². The number of nitrogens with zero attached hydrogens (tertiary/aromatic N) is 2. The zero-order valence-electron chi connectivity index (χ0n) is 15.2. The van der Waals surface area contributed by atoms with Crippen molar-refractivity contribution in [2.75, 3.05) is 12.4 Å². The van der Waals surface area contributed by atoms with Crippen molar-refractivity contribution in [2.24, 2.45) is 0 Å². The molecule has 2 aromatic heterocycles. The number of carbonyl (C=O) groups excluding carboxylic acids is 1. The van der Waals surface area contributed by atoms with E-state index in [2.05, 4.69) is 10.3 Å². The van der Waals surface area contributed by atoms with E-state index in [9.17, 15) is 9.59 Å². The SMILES string of the molecule is CCc1cc2c(=O)n(C(C)C(=O)Nc3ccccc3OC)c(C)nc2s1. The van der Waals surface area contributed by atoms with Gasteiger partial charge in [0.15, 0.2) is 0 Å². The molecule has 7 heteroatoms. The topological polar surface area (TPSA) is 73.2 Å². The molecular formula is C19H21N3O3S. The van der Waals surface area contributed by atoms with Crippen LogP contribution in [0, 0.1) is 6.92 Å². The highest BCUT2D eigenvalue weighted by molar-refractivity contribution is 7.18. The minimum Gasteiger partial charge on any atom is -0.495 e. The Morgan fingerprint density at radius 2 is 2.12 bits per heavy atom. The number of nitrogens with one attached hydrogen (secondary N) is 1. The van der Waals surface area contributed by atoms with E-state index in [1.165, 1.54) is 15.9 Å². The molecule has 0 aliphatic heterocycles. The van der Waals surface area contributed by atoms with Gasteiger partial charge in [-0.2, -0.15) is 0 Å². The molecule has 1 atom stereocenters. The molecule has 1 amide bonds. The van der Waals surface area contributed by atoms with Gasteiger partial charge in [0, 0.05) is 4.88 Å². The number of methoxy groups -OCH3 is 1. The van der Waals surface area contributed by atoms with Crippen molar-refractivity contribution in [3.63, 3.8) is 0 Å². The Bertz CT molecular complexity index is 1020. The maximum absolute atomic E-state index is 12.9. The van der Waals surface area contributed by atoms with Gasteiger partial charge in [-0.05, 0) is 38.5 Å². The van der Waals surface area contributed by atoms with E-state index in [4.69, 9.17) is 4.74 Å². The third-order valence-corrected chi connectivity index (χ3v) is 5.48. The first kappa shape index (κ1) is 18.1. The summed E-state index contributed by atoms with van der Waals surface area (Å²) in [5, 5.41) is 3.39. The summed E-state index contributed by atoms with van der Waals surface area (Å²) in [6.45, 7) is 5.48. The molecule has 0 bridgehead atoms. The van der Waals surface area contributed by atoms with Gasteiger partial charge >= 0.3 is 0 Å². The van der Waals surface area contributed by atoms with Gasteiger partial charge in [-0.15, -0.1) is 11.3 Å². The van der Waals surface area contributed by atoms with Crippen LogP contribution in [0.2, 0.25) is 0 Å². The number of para-hydroxylation sites is 2. The van der Waals surface area contributed by atoms with E-state index in [-0.39, 0.29) is 11.5 Å². The van der Waals surface area contributed by atoms with E-state index in [1.807, 2.05) is 25.1 Å². The Morgan fingerprint density at radius 1 is 1.38 bits per heavy atom. The minimum absolute atomic E-state index is 0.189. The number of benzene rings is 1. The lowest BCUT2D eigenvalue weighted by molar-refractivity contribution is -0.118. The third kappa shape index (κ3) is 3.22. The molecular weight excluding hydrogens is 350 g/mol. The largest absolute Gasteiger partial charge is 0.495 e. The fraction of sp³-hybridized carbons (Fsp3) is 0.316. The minimum atomic E-state index is -0.700. The Labute approximate surface area is 155 Å². The zero-order chi connectivity index (χ0) is 18.8. The van der Waals surface area contributed by atoms with Crippen LogP contribution in [0.25, 0.3) is 10.2 Å². The summed E-state index contributed by atoms with van der Waals surface area (Å²) >= 11 is 1.52. The molecule has 0 saturated carbocycles. The van der Waals surface area contributed by atoms with Crippen LogP contribution in [0.5, 0.6) is 5.75 Å². The van der Waals surface area contributed by atoms with Gasteiger partial charge in [0.2, 0.25) is 5.91 Å². The van der Waals surface area contributed by atoms with Crippen LogP contribution in [0.3, 0.4) is 0 Å². The number of hydrogen-bond acceptors (Lipinski definition) is 5. The molecule has 136 valence electrons. The first-order chi connectivity index (χ1) is 12.5. The Morgan fingerprint density at radius 3 is 2.81 bits per heavy atom. The smallest absolute Gasteiger partial charge is 0.263 e. The van der Waals surface area contributed by atoms with Crippen molar-refractivity contribution in [3.8, 4) is 5.75 Å². The summed E-state index contributed by atoms with van der Waals surface area (Å²) in [6, 6.07) is 8.33. The van der Waals surface area contributed by atoms with Crippen LogP contribution in [-0.4, -0.2) is 22.6 Å². The van der Waals surface area contributed by atoms with Gasteiger partial charge in [0.1, 0.15) is 22.4 Å². The second-order valence-electron chi connectivity index (χ2n) is 5.98. The molecule has 1 unspecified atom stereocenters. The van der Waals surface area contributed by atoms with Crippen molar-refractivity contribution in [1.29, 1.82) is 0 Å². The fourth-order valence-corrected chi connectivity index (χ4v) is 3.88. The second-order valence-corrected chi connectivity index (χ2v) is 7.10. The lowest BCUT2D eigenvalue weighted by Gasteiger charge is -2.18. The standard InChI is InChI=1S/C19H21N3O3S/c1-5-13-10-14-18(26-13)20-12(3)22(19(14)24)11(2)17(23)21-15-8-6-7-9-16(15)25-4/h6-11H,5H2,1-4H3,(H,21,23). The molecule has 1 N–H and O–H groups in total. The molecule has 26 heavy (non-hydrogen) atoms. The molecule has 0 aliphatic carbocycles. The molecule has 0 saturated heterocycles. The summed E-state index contributed by atoms with van der Waals surface area (Å²) in [6.07, 6.45) is 0.851. The normalized spacial score (nSPS) is 12.2. The van der Waals surface area contributed by atoms with Gasteiger partial charge in [-0.1, -0.05) is 19.1 Å². The highest BCUT2D eigenvalue weighted by Gasteiger charge is 2.22. The molecule has 3 aromatic rings. The average Bonchev–Trinajstić information content (AvgIpc) is 3.05. The molecule has 0 fully saturated rings. The Balaban J connectivity index is 1.97. The first-order valence-corrected chi connectivity index (χ1v) is 9.23. The molecule has 2 heterocycles. The van der Waals surface area contributed by atoms with Crippen LogP contribution < -0.4 is 15.6 Å². The van der Waals surface area contributed by atoms with Crippen molar-refractivity contribution in [2.45, 2.75) is 33.2 Å². The first-order valence-electron chi connectivity index (χ1n) is 8.41. The maximum Gasteiger partial charge on any atom is 0.263 e. The number of ether oxygens (including phenoxy) is 1. The second kappa shape index (κ2) is 7.29. The molecule has 0 spiro atoms. The van der Waals surface area contributed by atoms with E-state index in [0.717, 1.165) is 16.1 Å². The Kier molecular flexibility index (Phi) is 5.08. The highest BCUT2D eigenvalue weighted by Crippen LogP contribution is 2.25. The summed E-state index contributed by atoms with van der Waals surface area (Å²) in [7, 11) is 1.54. The lowest BCUT2D eigenvalue weighted by Crippen LogP contribution is -2.33. The van der Waals surface area contributed by atoms with Crippen molar-refractivity contribution >= 4 is 33.1 Å². The van der Waals surface area contributed by atoms with Crippen LogP contribution in [-0.2, 0) is 11.2 Å². The van der Waals surface area contributed by atoms with Crippen molar-refractivity contribution in [3.05, 3.63) is 51.4 Å². The van der Waals surface area contributed by atoms with Crippen molar-refractivity contribution < 1.29 is 9.53 Å². The molecule has 3 rings (SSSR count). The number of anilines is 1. The number of thiophene rings is 1. The van der Waals surface area contributed by atoms with E-state index >= 15 is 0 Å². The number of hydrogen-bond donors (Lipinski definition) is 1. The quantitative estimate of drug-likeness (QED) is 0.744. The van der Waals surface area contributed by atoms with Crippen LogP contribution in [0.15, 0.2) is 35.1 Å². The molecule has 0 aliphatic rings. The van der Waals surface area contributed by atoms with E-state index in [1.54, 1.807) is 33.1 Å². The number of carbonyl (C=O) groups is 1. The predicted octanol–water partition coefficient (Wildman–Crippen LogP) is 3.54. The van der Waals surface area contributed by atoms with Gasteiger partial charge in [-0.25, -0.2) is 4.98 Å². The van der Waals surface area contributed by atoms with Gasteiger partial charge < -0.3 is 10.1 Å². The Hall–Kier alpha value is -2.67. The van der Waals surface area contributed by atoms with E-state index in [0.29, 0.717) is 22.6 Å².